The van der Waals surface area contributed by atoms with Gasteiger partial charge in [-0.2, -0.15) is 0 Å². The smallest absolute Gasteiger partial charge is 0.329 e. The fourth-order valence-corrected chi connectivity index (χ4v) is 1.21. The van der Waals surface area contributed by atoms with E-state index in [1.165, 1.54) is 0 Å². The summed E-state index contributed by atoms with van der Waals surface area (Å²) in [5, 5.41) is 12.8. The number of nitrogens with one attached hydrogen (secondary N) is 2. The number of unbranched alkanes of at least 4 members (excludes halogenated alkanes) is 1. The van der Waals surface area contributed by atoms with Crippen molar-refractivity contribution in [1.82, 2.24) is 10.6 Å². The molecule has 0 bridgehead atoms. The minimum Gasteiger partial charge on any atom is -0.480 e. The molecule has 0 heterocycles. The van der Waals surface area contributed by atoms with Gasteiger partial charge in [-0.25, -0.2) is 9.59 Å². The molecule has 9 nitrogen and oxygen atoms in total. The van der Waals surface area contributed by atoms with Crippen LogP contribution in [0.3, 0.4) is 0 Å². The number of rotatable bonds is 12. The van der Waals surface area contributed by atoms with E-state index < -0.39 is 31.1 Å². The summed E-state index contributed by atoms with van der Waals surface area (Å²) in [6.07, 6.45) is 1.49. The highest BCUT2D eigenvalue weighted by atomic mass is 16.5. The Kier molecular flexibility index (Phi) is 12.2. The van der Waals surface area contributed by atoms with Crippen LogP contribution in [0.25, 0.3) is 0 Å². The van der Waals surface area contributed by atoms with E-state index in [0.29, 0.717) is 32.8 Å². The quantitative estimate of drug-likeness (QED) is 0.410. The zero-order valence-electron chi connectivity index (χ0n) is 12.1. The lowest BCUT2D eigenvalue weighted by molar-refractivity contribution is -0.143. The molecule has 0 unspecified atom stereocenters. The maximum Gasteiger partial charge on any atom is 0.329 e. The molecule has 122 valence electrons. The first-order chi connectivity index (χ1) is 10.1. The summed E-state index contributed by atoms with van der Waals surface area (Å²) in [4.78, 5) is 32.5. The summed E-state index contributed by atoms with van der Waals surface area (Å²) in [6, 6.07) is -0.640. The number of hydrogen-bond donors (Lipinski definition) is 3. The second-order valence-electron chi connectivity index (χ2n) is 4.00. The van der Waals surface area contributed by atoms with E-state index in [0.717, 1.165) is 6.42 Å². The van der Waals surface area contributed by atoms with Crippen LogP contribution in [0.2, 0.25) is 0 Å². The summed E-state index contributed by atoms with van der Waals surface area (Å²) in [5.74, 6) is -1.88. The molecule has 0 aliphatic carbocycles. The van der Waals surface area contributed by atoms with E-state index in [4.69, 9.17) is 14.6 Å². The molecule has 0 fully saturated rings. The molecule has 0 radical (unpaired) electrons. The van der Waals surface area contributed by atoms with Gasteiger partial charge in [-0.1, -0.05) is 0 Å². The molecule has 9 heteroatoms. The number of aliphatic carboxylic acids is 1. The van der Waals surface area contributed by atoms with Crippen molar-refractivity contribution < 1.29 is 33.7 Å². The molecule has 0 aromatic heterocycles. The number of carboxylic acids is 1. The number of ether oxygens (including phenoxy) is 3. The van der Waals surface area contributed by atoms with E-state index in [2.05, 4.69) is 10.1 Å². The van der Waals surface area contributed by atoms with Gasteiger partial charge in [0.25, 0.3) is 5.91 Å². The van der Waals surface area contributed by atoms with E-state index in [9.17, 15) is 14.4 Å². The van der Waals surface area contributed by atoms with Crippen molar-refractivity contribution in [3.63, 3.8) is 0 Å². The molecule has 3 amide bonds. The Balaban J connectivity index is 3.41. The molecule has 0 saturated heterocycles. The number of amides is 3. The number of hydrogen-bond acceptors (Lipinski definition) is 6. The van der Waals surface area contributed by atoms with E-state index >= 15 is 0 Å². The fourth-order valence-electron chi connectivity index (χ4n) is 1.21. The molecule has 0 aromatic carbocycles. The van der Waals surface area contributed by atoms with Crippen molar-refractivity contribution in [1.29, 1.82) is 0 Å². The van der Waals surface area contributed by atoms with Gasteiger partial charge in [0.05, 0.1) is 13.2 Å². The minimum atomic E-state index is -1.18. The molecule has 0 atom stereocenters. The van der Waals surface area contributed by atoms with Gasteiger partial charge in [-0.15, -0.1) is 0 Å². The van der Waals surface area contributed by atoms with Gasteiger partial charge in [-0.05, 0) is 12.8 Å². The second-order valence-corrected chi connectivity index (χ2v) is 4.00. The van der Waals surface area contributed by atoms with Crippen molar-refractivity contribution in [3.05, 3.63) is 0 Å². The molecule has 0 aromatic rings. The Morgan fingerprint density at radius 1 is 1.00 bits per heavy atom. The Bertz CT molecular complexity index is 323. The highest BCUT2D eigenvalue weighted by Gasteiger charge is 2.07. The number of carboxylic acid groups (broad SMARTS) is 1. The molecular formula is C12H22N2O7. The highest BCUT2D eigenvalue weighted by Crippen LogP contribution is 1.89. The maximum atomic E-state index is 11.3. The molecule has 0 aliphatic rings. The Morgan fingerprint density at radius 2 is 1.76 bits per heavy atom. The highest BCUT2D eigenvalue weighted by molar-refractivity contribution is 5.94. The molecule has 0 rings (SSSR count). The van der Waals surface area contributed by atoms with Crippen LogP contribution in [0.15, 0.2) is 0 Å². The summed E-state index contributed by atoms with van der Waals surface area (Å²) in [7, 11) is 1.60. The first-order valence-electron chi connectivity index (χ1n) is 6.50. The van der Waals surface area contributed by atoms with Crippen LogP contribution in [-0.2, 0) is 23.8 Å². The topological polar surface area (TPSA) is 123 Å². The standard InChI is InChI=1S/C12H22N2O7/c1-19-6-7-20-5-3-2-4-13-12(18)14-10(15)8-21-9-11(16)17/h2-9H2,1H3,(H,16,17)(H2,13,14,15,18). The van der Waals surface area contributed by atoms with Crippen LogP contribution in [0.5, 0.6) is 0 Å². The predicted octanol–water partition coefficient (Wildman–Crippen LogP) is -0.643. The lowest BCUT2D eigenvalue weighted by Crippen LogP contribution is -2.41. The zero-order valence-corrected chi connectivity index (χ0v) is 12.1. The normalized spacial score (nSPS) is 10.1. The van der Waals surface area contributed by atoms with Crippen molar-refractivity contribution in [2.45, 2.75) is 12.8 Å². The number of imide groups is 1. The van der Waals surface area contributed by atoms with Crippen molar-refractivity contribution in [2.75, 3.05) is 46.7 Å². The summed E-state index contributed by atoms with van der Waals surface area (Å²) < 4.78 is 14.6. The lowest BCUT2D eigenvalue weighted by Gasteiger charge is -2.07. The maximum absolute atomic E-state index is 11.3. The van der Waals surface area contributed by atoms with Crippen LogP contribution in [0, 0.1) is 0 Å². The Morgan fingerprint density at radius 3 is 2.43 bits per heavy atom. The number of carbonyl (C=O) groups excluding carboxylic acids is 2. The van der Waals surface area contributed by atoms with Gasteiger partial charge in [-0.3, -0.25) is 10.1 Å². The van der Waals surface area contributed by atoms with Crippen LogP contribution < -0.4 is 10.6 Å². The van der Waals surface area contributed by atoms with Crippen LogP contribution in [0.4, 0.5) is 4.79 Å². The first-order valence-corrected chi connectivity index (χ1v) is 6.50. The molecule has 0 spiro atoms. The van der Waals surface area contributed by atoms with E-state index in [1.54, 1.807) is 7.11 Å². The third-order valence-corrected chi connectivity index (χ3v) is 2.14. The van der Waals surface area contributed by atoms with E-state index in [1.807, 2.05) is 5.32 Å². The van der Waals surface area contributed by atoms with Gasteiger partial charge < -0.3 is 24.6 Å². The average molecular weight is 306 g/mol. The SMILES string of the molecule is COCCOCCCCNC(=O)NC(=O)COCC(=O)O. The van der Waals surface area contributed by atoms with E-state index in [-0.39, 0.29) is 0 Å². The summed E-state index contributed by atoms with van der Waals surface area (Å²) >= 11 is 0. The van der Waals surface area contributed by atoms with Gasteiger partial charge in [0, 0.05) is 20.3 Å². The monoisotopic (exact) mass is 306 g/mol. The van der Waals surface area contributed by atoms with Gasteiger partial charge in [0.1, 0.15) is 13.2 Å². The largest absolute Gasteiger partial charge is 0.480 e. The van der Waals surface area contributed by atoms with Crippen LogP contribution in [0.1, 0.15) is 12.8 Å². The third-order valence-electron chi connectivity index (χ3n) is 2.14. The number of urea groups is 1. The number of methoxy groups -OCH3 is 1. The van der Waals surface area contributed by atoms with Gasteiger partial charge in [0.15, 0.2) is 0 Å². The lowest BCUT2D eigenvalue weighted by atomic mass is 10.3. The Hall–Kier alpha value is -1.71. The molecule has 21 heavy (non-hydrogen) atoms. The van der Waals surface area contributed by atoms with Crippen LogP contribution >= 0.6 is 0 Å². The third kappa shape index (κ3) is 14.5. The Labute approximate surface area is 122 Å². The minimum absolute atomic E-state index is 0.405. The first kappa shape index (κ1) is 19.3. The average Bonchev–Trinajstić information content (AvgIpc) is 2.41. The summed E-state index contributed by atoms with van der Waals surface area (Å²) in [5.41, 5.74) is 0. The predicted molar refractivity (Wildman–Crippen MR) is 71.9 cm³/mol. The van der Waals surface area contributed by atoms with Crippen molar-refractivity contribution in [2.24, 2.45) is 0 Å². The summed E-state index contributed by atoms with van der Waals surface area (Å²) in [6.45, 7) is 1.00. The van der Waals surface area contributed by atoms with Gasteiger partial charge >= 0.3 is 12.0 Å². The van der Waals surface area contributed by atoms with Gasteiger partial charge in [0.2, 0.25) is 0 Å². The van der Waals surface area contributed by atoms with Crippen molar-refractivity contribution in [3.8, 4) is 0 Å². The molecular weight excluding hydrogens is 284 g/mol. The molecule has 0 saturated carbocycles. The number of carbonyl (C=O) groups is 3. The zero-order chi connectivity index (χ0) is 15.9. The second kappa shape index (κ2) is 13.3. The molecule has 0 aliphatic heterocycles. The molecule has 3 N–H and O–H groups in total. The fraction of sp³-hybridized carbons (Fsp3) is 0.750. The van der Waals surface area contributed by atoms with Crippen molar-refractivity contribution >= 4 is 17.9 Å². The van der Waals surface area contributed by atoms with Crippen LogP contribution in [-0.4, -0.2) is 69.7 Å².